The summed E-state index contributed by atoms with van der Waals surface area (Å²) in [4.78, 5) is 24.6. The molecule has 10 nitrogen and oxygen atoms in total. The molecule has 11 heteroatoms. The monoisotopic (exact) mass is 568 g/mol. The van der Waals surface area contributed by atoms with Gasteiger partial charge in [0.2, 0.25) is 6.41 Å². The van der Waals surface area contributed by atoms with E-state index >= 15 is 0 Å². The van der Waals surface area contributed by atoms with Crippen molar-refractivity contribution < 1.29 is 23.5 Å². The molecule has 0 spiro atoms. The lowest BCUT2D eigenvalue weighted by Gasteiger charge is -2.35. The van der Waals surface area contributed by atoms with Gasteiger partial charge in [0.25, 0.3) is 0 Å². The zero-order valence-electron chi connectivity index (χ0n) is 25.3. The molecular weight excluding hydrogens is 515 g/mol. The number of halogens is 1. The second-order valence-corrected chi connectivity index (χ2v) is 10.4. The quantitative estimate of drug-likeness (QED) is 0.153. The minimum atomic E-state index is -0.354. The lowest BCUT2D eigenvalue weighted by atomic mass is 9.96. The highest BCUT2D eigenvalue weighted by atomic mass is 19.1. The van der Waals surface area contributed by atoms with Crippen LogP contribution in [0.5, 0.6) is 5.75 Å². The fourth-order valence-corrected chi connectivity index (χ4v) is 3.84. The first-order valence-electron chi connectivity index (χ1n) is 14.1. The number of amides is 1. The summed E-state index contributed by atoms with van der Waals surface area (Å²) in [5.41, 5.74) is 7.83. The van der Waals surface area contributed by atoms with Gasteiger partial charge in [0.05, 0.1) is 24.6 Å². The molecule has 2 aliphatic heterocycles. The van der Waals surface area contributed by atoms with Gasteiger partial charge < -0.3 is 35.7 Å². The molecule has 0 aromatic heterocycles. The highest BCUT2D eigenvalue weighted by Gasteiger charge is 2.22. The highest BCUT2D eigenvalue weighted by Crippen LogP contribution is 2.15. The molecule has 0 radical (unpaired) electrons. The molecule has 2 atom stereocenters. The third-order valence-corrected chi connectivity index (χ3v) is 5.86. The van der Waals surface area contributed by atoms with Crippen LogP contribution in [0.4, 0.5) is 4.39 Å². The Morgan fingerprint density at radius 1 is 1.23 bits per heavy atom. The zero-order valence-corrected chi connectivity index (χ0v) is 25.3. The number of morpholine rings is 1. The Morgan fingerprint density at radius 3 is 2.27 bits per heavy atom. The first-order chi connectivity index (χ1) is 19.1. The van der Waals surface area contributed by atoms with Crippen molar-refractivity contribution in [3.63, 3.8) is 0 Å². The maximum Gasteiger partial charge on any atom is 0.209 e. The average molecular weight is 569 g/mol. The summed E-state index contributed by atoms with van der Waals surface area (Å²) < 4.78 is 22.8. The molecule has 230 valence electrons. The fraction of sp³-hybridized carbons (Fsp3) is 0.655. The SMILES string of the molecule is CC(C)CN(C)C1CNCC(C)C1.CCC.NN/C(COc1ccc(F)cc1)=C(\N)C=O.O=CN1CCOCC1. The number of likely N-dealkylation sites (N-methyl/N-ethyl adjacent to an activating group) is 1. The van der Waals surface area contributed by atoms with Gasteiger partial charge in [0.1, 0.15) is 18.2 Å². The molecule has 1 aromatic rings. The number of carbonyl (C=O) groups is 2. The number of nitrogens with two attached hydrogens (primary N) is 2. The van der Waals surface area contributed by atoms with Gasteiger partial charge in [-0.05, 0) is 56.1 Å². The van der Waals surface area contributed by atoms with E-state index in [2.05, 4.69) is 57.3 Å². The smallest absolute Gasteiger partial charge is 0.209 e. The minimum Gasteiger partial charge on any atom is -0.487 e. The molecule has 3 rings (SSSR count). The lowest BCUT2D eigenvalue weighted by molar-refractivity contribution is -0.121. The molecule has 1 aromatic carbocycles. The van der Waals surface area contributed by atoms with E-state index < -0.39 is 0 Å². The van der Waals surface area contributed by atoms with Gasteiger partial charge in [-0.15, -0.1) is 0 Å². The van der Waals surface area contributed by atoms with Crippen molar-refractivity contribution in [2.24, 2.45) is 23.4 Å². The number of allylic oxidation sites excluding steroid dienone is 1. The summed E-state index contributed by atoms with van der Waals surface area (Å²) in [6, 6.07) is 6.20. The van der Waals surface area contributed by atoms with Crippen molar-refractivity contribution in [1.29, 1.82) is 0 Å². The number of piperidine rings is 1. The number of hydrogen-bond donors (Lipinski definition) is 4. The van der Waals surface area contributed by atoms with Gasteiger partial charge in [-0.2, -0.15) is 0 Å². The van der Waals surface area contributed by atoms with Crippen molar-refractivity contribution >= 4 is 12.7 Å². The summed E-state index contributed by atoms with van der Waals surface area (Å²) in [6.07, 6.45) is 3.93. The van der Waals surface area contributed by atoms with E-state index in [0.29, 0.717) is 25.2 Å². The van der Waals surface area contributed by atoms with E-state index in [1.54, 1.807) is 4.90 Å². The maximum atomic E-state index is 12.6. The Kier molecular flexibility index (Phi) is 21.5. The van der Waals surface area contributed by atoms with Crippen LogP contribution in [0.25, 0.3) is 0 Å². The number of ether oxygens (including phenoxy) is 2. The van der Waals surface area contributed by atoms with Crippen LogP contribution in [0.2, 0.25) is 0 Å². The largest absolute Gasteiger partial charge is 0.487 e. The van der Waals surface area contributed by atoms with Crippen LogP contribution < -0.4 is 27.1 Å². The third-order valence-electron chi connectivity index (χ3n) is 5.86. The molecule has 2 fully saturated rings. The van der Waals surface area contributed by atoms with Crippen LogP contribution in [0.3, 0.4) is 0 Å². The molecule has 40 heavy (non-hydrogen) atoms. The van der Waals surface area contributed by atoms with E-state index in [9.17, 15) is 14.0 Å². The summed E-state index contributed by atoms with van der Waals surface area (Å²) >= 11 is 0. The van der Waals surface area contributed by atoms with E-state index in [0.717, 1.165) is 37.4 Å². The number of aldehydes is 1. The topological polar surface area (TPSA) is 135 Å². The molecule has 1 amide bonds. The maximum absolute atomic E-state index is 12.6. The van der Waals surface area contributed by atoms with Crippen LogP contribution >= 0.6 is 0 Å². The molecule has 2 saturated heterocycles. The number of nitrogens with zero attached hydrogens (tertiary/aromatic N) is 2. The molecule has 0 saturated carbocycles. The van der Waals surface area contributed by atoms with Crippen LogP contribution in [-0.4, -0.2) is 88.1 Å². The van der Waals surface area contributed by atoms with Crippen molar-refractivity contribution in [2.75, 3.05) is 59.6 Å². The first-order valence-corrected chi connectivity index (χ1v) is 14.1. The second kappa shape index (κ2) is 23.0. The number of rotatable bonds is 9. The molecular formula is C29H53FN6O4. The average Bonchev–Trinajstić information content (AvgIpc) is 2.95. The van der Waals surface area contributed by atoms with Gasteiger partial charge in [0, 0.05) is 32.2 Å². The first kappa shape index (κ1) is 37.3. The van der Waals surface area contributed by atoms with Gasteiger partial charge in [-0.3, -0.25) is 15.4 Å². The Balaban J connectivity index is 0.000000566. The van der Waals surface area contributed by atoms with E-state index in [1.165, 1.54) is 56.7 Å². The molecule has 2 aliphatic rings. The Morgan fingerprint density at radius 2 is 1.82 bits per heavy atom. The summed E-state index contributed by atoms with van der Waals surface area (Å²) in [7, 11) is 2.25. The molecule has 0 bridgehead atoms. The number of hydrazine groups is 1. The van der Waals surface area contributed by atoms with Crippen molar-refractivity contribution in [3.05, 3.63) is 41.5 Å². The van der Waals surface area contributed by atoms with Gasteiger partial charge in [0.15, 0.2) is 6.29 Å². The number of nitrogens with one attached hydrogen (secondary N) is 2. The number of carbonyl (C=O) groups excluding carboxylic acids is 2. The third kappa shape index (κ3) is 17.8. The Bertz CT molecular complexity index is 819. The number of hydrogen-bond acceptors (Lipinski definition) is 9. The van der Waals surface area contributed by atoms with E-state index in [4.69, 9.17) is 21.1 Å². The van der Waals surface area contributed by atoms with Crippen LogP contribution in [-0.2, 0) is 14.3 Å². The molecule has 6 N–H and O–H groups in total. The van der Waals surface area contributed by atoms with Crippen LogP contribution in [0, 0.1) is 17.7 Å². The van der Waals surface area contributed by atoms with Crippen LogP contribution in [0.1, 0.15) is 47.5 Å². The zero-order chi connectivity index (χ0) is 30.3. The molecule has 2 unspecified atom stereocenters. The second-order valence-electron chi connectivity index (χ2n) is 10.4. The van der Waals surface area contributed by atoms with Crippen molar-refractivity contribution in [3.8, 4) is 5.75 Å². The van der Waals surface area contributed by atoms with E-state index in [1.807, 2.05) is 0 Å². The molecule has 2 heterocycles. The molecule has 0 aliphatic carbocycles. The van der Waals surface area contributed by atoms with E-state index in [-0.39, 0.29) is 23.8 Å². The minimum absolute atomic E-state index is 0.00665. The van der Waals surface area contributed by atoms with Gasteiger partial charge in [-0.25, -0.2) is 4.39 Å². The van der Waals surface area contributed by atoms with Crippen LogP contribution in [0.15, 0.2) is 35.7 Å². The Labute approximate surface area is 240 Å². The summed E-state index contributed by atoms with van der Waals surface area (Å²) in [6.45, 7) is 17.7. The fourth-order valence-electron chi connectivity index (χ4n) is 3.84. The lowest BCUT2D eigenvalue weighted by Crippen LogP contribution is -2.47. The normalized spacial score (nSPS) is 19.0. The number of benzene rings is 1. The van der Waals surface area contributed by atoms with Gasteiger partial charge >= 0.3 is 0 Å². The van der Waals surface area contributed by atoms with Crippen molar-refractivity contribution in [1.82, 2.24) is 20.5 Å². The summed E-state index contributed by atoms with van der Waals surface area (Å²) in [5, 5.41) is 3.50. The standard InChI is InChI=1S/C11H24N2.C10H12FN3O2.C5H9NO2.C3H8/c1-9(2)8-13(4)11-5-10(3)6-12-7-11;11-7-1-3-8(4-2-7)16-6-10(14-13)9(12)5-15;7-5-6-1-3-8-4-2-6;1-3-2/h9-12H,5-8H2,1-4H3;1-5,14H,6,12-13H2;5H,1-4H2;3H2,1-2H3/b;10-9-;;. The predicted molar refractivity (Wildman–Crippen MR) is 159 cm³/mol. The Hall–Kier alpha value is -2.73. The van der Waals surface area contributed by atoms with Crippen molar-refractivity contribution in [2.45, 2.75) is 53.5 Å². The highest BCUT2D eigenvalue weighted by molar-refractivity contribution is 5.72. The summed E-state index contributed by atoms with van der Waals surface area (Å²) in [5.74, 6) is 6.87. The van der Waals surface area contributed by atoms with Gasteiger partial charge in [-0.1, -0.05) is 41.0 Å². The predicted octanol–water partition coefficient (Wildman–Crippen LogP) is 2.50.